The van der Waals surface area contributed by atoms with Crippen molar-refractivity contribution in [3.8, 4) is 0 Å². The SMILES string of the molecule is CC(C)C1CCC(N)C(Cc2cnn(C)c2)C1. The van der Waals surface area contributed by atoms with Crippen LogP contribution in [0.3, 0.4) is 0 Å². The lowest BCUT2D eigenvalue weighted by atomic mass is 9.72. The monoisotopic (exact) mass is 235 g/mol. The van der Waals surface area contributed by atoms with Crippen LogP contribution in [0, 0.1) is 17.8 Å². The van der Waals surface area contributed by atoms with Gasteiger partial charge in [-0.3, -0.25) is 4.68 Å². The molecule has 3 atom stereocenters. The van der Waals surface area contributed by atoms with Gasteiger partial charge in [0.25, 0.3) is 0 Å². The van der Waals surface area contributed by atoms with Gasteiger partial charge in [-0.05, 0) is 49.0 Å². The molecule has 3 unspecified atom stereocenters. The fourth-order valence-electron chi connectivity index (χ4n) is 3.04. The summed E-state index contributed by atoms with van der Waals surface area (Å²) in [4.78, 5) is 0. The van der Waals surface area contributed by atoms with Gasteiger partial charge in [0.15, 0.2) is 0 Å². The average Bonchev–Trinajstić information content (AvgIpc) is 2.67. The zero-order valence-corrected chi connectivity index (χ0v) is 11.3. The maximum Gasteiger partial charge on any atom is 0.0521 e. The van der Waals surface area contributed by atoms with Crippen molar-refractivity contribution in [3.05, 3.63) is 18.0 Å². The van der Waals surface area contributed by atoms with Crippen molar-refractivity contribution in [2.24, 2.45) is 30.5 Å². The molecule has 17 heavy (non-hydrogen) atoms. The summed E-state index contributed by atoms with van der Waals surface area (Å²) in [6, 6.07) is 0.380. The van der Waals surface area contributed by atoms with E-state index in [0.29, 0.717) is 12.0 Å². The highest BCUT2D eigenvalue weighted by Crippen LogP contribution is 2.34. The second-order valence-electron chi connectivity index (χ2n) is 5.97. The van der Waals surface area contributed by atoms with Gasteiger partial charge in [0.1, 0.15) is 0 Å². The molecule has 1 aromatic heterocycles. The number of rotatable bonds is 3. The van der Waals surface area contributed by atoms with Gasteiger partial charge in [-0.1, -0.05) is 13.8 Å². The van der Waals surface area contributed by atoms with Crippen molar-refractivity contribution in [1.29, 1.82) is 0 Å². The summed E-state index contributed by atoms with van der Waals surface area (Å²) in [5, 5.41) is 4.24. The first-order valence-corrected chi connectivity index (χ1v) is 6.79. The minimum absolute atomic E-state index is 0.380. The zero-order chi connectivity index (χ0) is 12.4. The molecule has 1 aliphatic carbocycles. The highest BCUT2D eigenvalue weighted by atomic mass is 15.2. The Morgan fingerprint density at radius 1 is 1.47 bits per heavy atom. The smallest absolute Gasteiger partial charge is 0.0521 e. The summed E-state index contributed by atoms with van der Waals surface area (Å²) in [6.07, 6.45) is 8.97. The van der Waals surface area contributed by atoms with Gasteiger partial charge in [0.2, 0.25) is 0 Å². The van der Waals surface area contributed by atoms with Gasteiger partial charge in [-0.25, -0.2) is 0 Å². The predicted molar refractivity (Wildman–Crippen MR) is 70.6 cm³/mol. The molecule has 1 aliphatic rings. The molecular weight excluding hydrogens is 210 g/mol. The number of hydrogen-bond acceptors (Lipinski definition) is 2. The first kappa shape index (κ1) is 12.6. The van der Waals surface area contributed by atoms with Crippen LogP contribution >= 0.6 is 0 Å². The third kappa shape index (κ3) is 3.09. The van der Waals surface area contributed by atoms with E-state index in [1.807, 2.05) is 17.9 Å². The van der Waals surface area contributed by atoms with E-state index in [1.165, 1.54) is 24.8 Å². The van der Waals surface area contributed by atoms with Crippen LogP contribution in [0.25, 0.3) is 0 Å². The number of nitrogens with zero attached hydrogens (tertiary/aromatic N) is 2. The molecule has 1 heterocycles. The van der Waals surface area contributed by atoms with Crippen molar-refractivity contribution >= 4 is 0 Å². The van der Waals surface area contributed by atoms with Crippen LogP contribution in [-0.4, -0.2) is 15.8 Å². The molecule has 0 bridgehead atoms. The van der Waals surface area contributed by atoms with Gasteiger partial charge >= 0.3 is 0 Å². The summed E-state index contributed by atoms with van der Waals surface area (Å²) in [5.41, 5.74) is 7.60. The third-order valence-corrected chi connectivity index (χ3v) is 4.28. The molecule has 1 saturated carbocycles. The van der Waals surface area contributed by atoms with Crippen LogP contribution in [-0.2, 0) is 13.5 Å². The highest BCUT2D eigenvalue weighted by molar-refractivity contribution is 5.06. The lowest BCUT2D eigenvalue weighted by Crippen LogP contribution is -2.38. The Bertz CT molecular complexity index is 356. The highest BCUT2D eigenvalue weighted by Gasteiger charge is 2.29. The molecule has 0 radical (unpaired) electrons. The molecule has 0 aromatic carbocycles. The van der Waals surface area contributed by atoms with Crippen molar-refractivity contribution in [2.75, 3.05) is 0 Å². The molecule has 1 fully saturated rings. The standard InChI is InChI=1S/C14H25N3/c1-10(2)12-4-5-14(15)13(7-12)6-11-8-16-17(3)9-11/h8-10,12-14H,4-7,15H2,1-3H3. The molecule has 0 amide bonds. The summed E-state index contributed by atoms with van der Waals surface area (Å²) in [5.74, 6) is 2.29. The molecule has 0 saturated heterocycles. The van der Waals surface area contributed by atoms with Gasteiger partial charge in [-0.2, -0.15) is 5.10 Å². The third-order valence-electron chi connectivity index (χ3n) is 4.28. The second kappa shape index (κ2) is 5.21. The lowest BCUT2D eigenvalue weighted by molar-refractivity contribution is 0.189. The summed E-state index contributed by atoms with van der Waals surface area (Å²) in [7, 11) is 1.97. The Morgan fingerprint density at radius 2 is 2.24 bits per heavy atom. The zero-order valence-electron chi connectivity index (χ0n) is 11.3. The van der Waals surface area contributed by atoms with E-state index in [9.17, 15) is 0 Å². The molecule has 3 heteroatoms. The van der Waals surface area contributed by atoms with Gasteiger partial charge in [-0.15, -0.1) is 0 Å². The van der Waals surface area contributed by atoms with Gasteiger partial charge in [0.05, 0.1) is 6.20 Å². The predicted octanol–water partition coefficient (Wildman–Crippen LogP) is 2.36. The van der Waals surface area contributed by atoms with Crippen molar-refractivity contribution < 1.29 is 0 Å². The van der Waals surface area contributed by atoms with Crippen molar-refractivity contribution in [3.63, 3.8) is 0 Å². The normalized spacial score (nSPS) is 29.8. The quantitative estimate of drug-likeness (QED) is 0.874. The summed E-state index contributed by atoms with van der Waals surface area (Å²) in [6.45, 7) is 4.67. The fourth-order valence-corrected chi connectivity index (χ4v) is 3.04. The average molecular weight is 235 g/mol. The molecule has 96 valence electrons. The van der Waals surface area contributed by atoms with E-state index in [-0.39, 0.29) is 0 Å². The molecule has 2 rings (SSSR count). The van der Waals surface area contributed by atoms with Gasteiger partial charge < -0.3 is 5.73 Å². The molecule has 2 N–H and O–H groups in total. The maximum atomic E-state index is 6.27. The van der Waals surface area contributed by atoms with Crippen LogP contribution in [0.4, 0.5) is 0 Å². The van der Waals surface area contributed by atoms with Crippen molar-refractivity contribution in [2.45, 2.75) is 45.6 Å². The van der Waals surface area contributed by atoms with Crippen LogP contribution < -0.4 is 5.73 Å². The first-order valence-electron chi connectivity index (χ1n) is 6.79. The summed E-state index contributed by atoms with van der Waals surface area (Å²) >= 11 is 0. The second-order valence-corrected chi connectivity index (χ2v) is 5.97. The van der Waals surface area contributed by atoms with E-state index in [1.54, 1.807) is 0 Å². The van der Waals surface area contributed by atoms with Crippen LogP contribution in [0.1, 0.15) is 38.7 Å². The largest absolute Gasteiger partial charge is 0.327 e. The summed E-state index contributed by atoms with van der Waals surface area (Å²) < 4.78 is 1.88. The minimum Gasteiger partial charge on any atom is -0.327 e. The van der Waals surface area contributed by atoms with E-state index < -0.39 is 0 Å². The molecule has 0 spiro atoms. The number of aromatic nitrogens is 2. The number of aryl methyl sites for hydroxylation is 1. The van der Waals surface area contributed by atoms with Crippen LogP contribution in [0.5, 0.6) is 0 Å². The topological polar surface area (TPSA) is 43.8 Å². The fraction of sp³-hybridized carbons (Fsp3) is 0.786. The van der Waals surface area contributed by atoms with Gasteiger partial charge in [0, 0.05) is 19.3 Å². The van der Waals surface area contributed by atoms with Crippen LogP contribution in [0.2, 0.25) is 0 Å². The Hall–Kier alpha value is -0.830. The van der Waals surface area contributed by atoms with Crippen LogP contribution in [0.15, 0.2) is 12.4 Å². The maximum absolute atomic E-state index is 6.27. The van der Waals surface area contributed by atoms with E-state index in [2.05, 4.69) is 25.1 Å². The Balaban J connectivity index is 1.98. The molecular formula is C14H25N3. The molecule has 0 aliphatic heterocycles. The number of hydrogen-bond donors (Lipinski definition) is 1. The minimum atomic E-state index is 0.380. The molecule has 1 aromatic rings. The van der Waals surface area contributed by atoms with E-state index in [0.717, 1.165) is 18.3 Å². The van der Waals surface area contributed by atoms with E-state index in [4.69, 9.17) is 5.73 Å². The van der Waals surface area contributed by atoms with Crippen molar-refractivity contribution in [1.82, 2.24) is 9.78 Å². The molecule has 3 nitrogen and oxygen atoms in total. The lowest BCUT2D eigenvalue weighted by Gasteiger charge is -2.36. The Morgan fingerprint density at radius 3 is 2.82 bits per heavy atom. The van der Waals surface area contributed by atoms with E-state index >= 15 is 0 Å². The first-order chi connectivity index (χ1) is 8.06. The number of nitrogens with two attached hydrogens (primary N) is 1. The Kier molecular flexibility index (Phi) is 3.87. The Labute approximate surface area is 104 Å².